The Morgan fingerprint density at radius 2 is 2.29 bits per heavy atom. The van der Waals surface area contributed by atoms with Crippen LogP contribution >= 0.6 is 27.5 Å². The second kappa shape index (κ2) is 3.87. The van der Waals surface area contributed by atoms with Gasteiger partial charge in [-0.2, -0.15) is 0 Å². The van der Waals surface area contributed by atoms with E-state index in [1.165, 1.54) is 6.20 Å². The number of amides is 1. The van der Waals surface area contributed by atoms with Crippen molar-refractivity contribution in [3.8, 4) is 0 Å². The molecule has 1 aromatic rings. The summed E-state index contributed by atoms with van der Waals surface area (Å²) in [5, 5.41) is 3.24. The van der Waals surface area contributed by atoms with Crippen molar-refractivity contribution in [3.63, 3.8) is 0 Å². The van der Waals surface area contributed by atoms with Gasteiger partial charge in [-0.3, -0.25) is 9.78 Å². The van der Waals surface area contributed by atoms with Crippen LogP contribution in [0.25, 0.3) is 0 Å². The lowest BCUT2D eigenvalue weighted by Gasteiger charge is -2.06. The number of carbonyl (C=O) groups is 1. The van der Waals surface area contributed by atoms with Crippen LogP contribution in [0.4, 0.5) is 0 Å². The van der Waals surface area contributed by atoms with Crippen LogP contribution < -0.4 is 5.32 Å². The summed E-state index contributed by atoms with van der Waals surface area (Å²) in [6.45, 7) is 0. The van der Waals surface area contributed by atoms with Crippen LogP contribution in [-0.4, -0.2) is 16.9 Å². The molecule has 3 nitrogen and oxygen atoms in total. The van der Waals surface area contributed by atoms with Crippen molar-refractivity contribution in [3.05, 3.63) is 27.5 Å². The predicted octanol–water partition coefficient (Wildman–Crippen LogP) is 2.39. The number of hydrogen-bond donors (Lipinski definition) is 1. The monoisotopic (exact) mass is 274 g/mol. The minimum Gasteiger partial charge on any atom is -0.349 e. The summed E-state index contributed by atoms with van der Waals surface area (Å²) in [5.41, 5.74) is 0.466. The molecule has 1 aliphatic carbocycles. The third-order valence-corrected chi connectivity index (χ3v) is 2.88. The Hall–Kier alpha value is -0.610. The molecule has 1 N–H and O–H groups in total. The van der Waals surface area contributed by atoms with Crippen LogP contribution in [0.2, 0.25) is 5.02 Å². The fourth-order valence-electron chi connectivity index (χ4n) is 1.11. The van der Waals surface area contributed by atoms with Crippen LogP contribution in [0.3, 0.4) is 0 Å². The number of rotatable bonds is 2. The van der Waals surface area contributed by atoms with Gasteiger partial charge >= 0.3 is 0 Å². The van der Waals surface area contributed by atoms with Crippen molar-refractivity contribution in [2.75, 3.05) is 0 Å². The van der Waals surface area contributed by atoms with Crippen molar-refractivity contribution in [2.45, 2.75) is 18.9 Å². The van der Waals surface area contributed by atoms with Gasteiger partial charge < -0.3 is 5.32 Å². The molecule has 0 atom stereocenters. The summed E-state index contributed by atoms with van der Waals surface area (Å²) in [6.07, 6.45) is 5.15. The number of pyridine rings is 1. The van der Waals surface area contributed by atoms with Gasteiger partial charge in [0.05, 0.1) is 15.1 Å². The van der Waals surface area contributed by atoms with E-state index in [2.05, 4.69) is 26.2 Å². The van der Waals surface area contributed by atoms with E-state index < -0.39 is 0 Å². The van der Waals surface area contributed by atoms with Crippen molar-refractivity contribution < 1.29 is 4.79 Å². The summed E-state index contributed by atoms with van der Waals surface area (Å²) >= 11 is 9.13. The van der Waals surface area contributed by atoms with Crippen molar-refractivity contribution in [1.82, 2.24) is 10.3 Å². The molecule has 5 heteroatoms. The molecule has 0 aromatic carbocycles. The lowest BCUT2D eigenvalue weighted by Crippen LogP contribution is -2.26. The molecular formula is C9H8BrClN2O. The van der Waals surface area contributed by atoms with E-state index in [1.807, 2.05) is 0 Å². The molecular weight excluding hydrogens is 267 g/mol. The highest BCUT2D eigenvalue weighted by atomic mass is 79.9. The van der Waals surface area contributed by atoms with E-state index in [9.17, 15) is 4.79 Å². The zero-order valence-electron chi connectivity index (χ0n) is 7.26. The SMILES string of the molecule is O=C(NC1CC1)c1c(Cl)cncc1Br. The lowest BCUT2D eigenvalue weighted by molar-refractivity contribution is 0.0950. The number of aromatic nitrogens is 1. The first-order valence-corrected chi connectivity index (χ1v) is 5.45. The number of carbonyl (C=O) groups excluding carboxylic acids is 1. The quantitative estimate of drug-likeness (QED) is 0.900. The Morgan fingerprint density at radius 3 is 2.86 bits per heavy atom. The summed E-state index contributed by atoms with van der Waals surface area (Å²) in [5.74, 6) is -0.133. The molecule has 0 radical (unpaired) electrons. The normalized spacial score (nSPS) is 15.3. The molecule has 1 fully saturated rings. The standard InChI is InChI=1S/C9H8BrClN2O/c10-6-3-12-4-7(11)8(6)9(14)13-5-1-2-5/h3-5H,1-2H2,(H,13,14). The highest BCUT2D eigenvalue weighted by molar-refractivity contribution is 9.10. The number of nitrogens with zero attached hydrogens (tertiary/aromatic N) is 1. The minimum atomic E-state index is -0.133. The predicted molar refractivity (Wildman–Crippen MR) is 57.4 cm³/mol. The maximum absolute atomic E-state index is 11.7. The topological polar surface area (TPSA) is 42.0 Å². The van der Waals surface area contributed by atoms with Gasteiger partial charge in [-0.15, -0.1) is 0 Å². The Balaban J connectivity index is 2.24. The van der Waals surface area contributed by atoms with Gasteiger partial charge in [-0.25, -0.2) is 0 Å². The largest absolute Gasteiger partial charge is 0.349 e. The molecule has 1 aliphatic rings. The average molecular weight is 276 g/mol. The van der Waals surface area contributed by atoms with Crippen molar-refractivity contribution in [2.24, 2.45) is 0 Å². The molecule has 1 aromatic heterocycles. The van der Waals surface area contributed by atoms with Crippen LogP contribution in [0, 0.1) is 0 Å². The first-order chi connectivity index (χ1) is 6.68. The molecule has 1 heterocycles. The number of hydrogen-bond acceptors (Lipinski definition) is 2. The molecule has 0 saturated heterocycles. The third-order valence-electron chi connectivity index (χ3n) is 1.99. The highest BCUT2D eigenvalue weighted by Gasteiger charge is 2.25. The van der Waals surface area contributed by atoms with Gasteiger partial charge in [-0.05, 0) is 28.8 Å². The van der Waals surface area contributed by atoms with E-state index in [1.54, 1.807) is 6.20 Å². The number of nitrogens with one attached hydrogen (secondary N) is 1. The van der Waals surface area contributed by atoms with Gasteiger partial charge in [0.2, 0.25) is 0 Å². The maximum Gasteiger partial charge on any atom is 0.254 e. The molecule has 0 unspecified atom stereocenters. The second-order valence-electron chi connectivity index (χ2n) is 3.23. The van der Waals surface area contributed by atoms with Crippen LogP contribution in [-0.2, 0) is 0 Å². The van der Waals surface area contributed by atoms with Gasteiger partial charge in [0.25, 0.3) is 5.91 Å². The first-order valence-electron chi connectivity index (χ1n) is 4.28. The Kier molecular flexibility index (Phi) is 2.74. The van der Waals surface area contributed by atoms with E-state index >= 15 is 0 Å². The zero-order chi connectivity index (χ0) is 10.1. The highest BCUT2D eigenvalue weighted by Crippen LogP contribution is 2.25. The van der Waals surface area contributed by atoms with E-state index in [4.69, 9.17) is 11.6 Å². The molecule has 0 bridgehead atoms. The Labute approximate surface area is 95.0 Å². The molecule has 2 rings (SSSR count). The number of halogens is 2. The lowest BCUT2D eigenvalue weighted by atomic mass is 10.2. The van der Waals surface area contributed by atoms with Gasteiger partial charge in [0, 0.05) is 18.4 Å². The van der Waals surface area contributed by atoms with E-state index in [0.29, 0.717) is 21.1 Å². The Morgan fingerprint density at radius 1 is 1.57 bits per heavy atom. The first kappa shape index (κ1) is 9.93. The van der Waals surface area contributed by atoms with Crippen LogP contribution in [0.1, 0.15) is 23.2 Å². The third kappa shape index (κ3) is 2.07. The molecule has 0 aliphatic heterocycles. The van der Waals surface area contributed by atoms with Crippen LogP contribution in [0.5, 0.6) is 0 Å². The molecule has 74 valence electrons. The minimum absolute atomic E-state index is 0.133. The van der Waals surface area contributed by atoms with Crippen LogP contribution in [0.15, 0.2) is 16.9 Å². The van der Waals surface area contributed by atoms with E-state index in [0.717, 1.165) is 12.8 Å². The van der Waals surface area contributed by atoms with Crippen molar-refractivity contribution in [1.29, 1.82) is 0 Å². The summed E-state index contributed by atoms with van der Waals surface area (Å²) in [7, 11) is 0. The summed E-state index contributed by atoms with van der Waals surface area (Å²) in [6, 6.07) is 0.332. The molecule has 0 spiro atoms. The summed E-state index contributed by atoms with van der Waals surface area (Å²) < 4.78 is 0.628. The fraction of sp³-hybridized carbons (Fsp3) is 0.333. The maximum atomic E-state index is 11.7. The summed E-state index contributed by atoms with van der Waals surface area (Å²) in [4.78, 5) is 15.5. The molecule has 1 amide bonds. The zero-order valence-corrected chi connectivity index (χ0v) is 9.60. The average Bonchev–Trinajstić information content (AvgIpc) is 2.87. The molecule has 14 heavy (non-hydrogen) atoms. The molecule has 1 saturated carbocycles. The van der Waals surface area contributed by atoms with Gasteiger partial charge in [0.1, 0.15) is 0 Å². The fourth-order valence-corrected chi connectivity index (χ4v) is 1.98. The second-order valence-corrected chi connectivity index (χ2v) is 4.49. The Bertz CT molecular complexity index is 359. The van der Waals surface area contributed by atoms with Gasteiger partial charge in [0.15, 0.2) is 0 Å². The smallest absolute Gasteiger partial charge is 0.254 e. The van der Waals surface area contributed by atoms with E-state index in [-0.39, 0.29) is 5.91 Å². The van der Waals surface area contributed by atoms with Gasteiger partial charge in [-0.1, -0.05) is 11.6 Å². The van der Waals surface area contributed by atoms with Crippen molar-refractivity contribution >= 4 is 33.4 Å².